The second kappa shape index (κ2) is 6.90. The van der Waals surface area contributed by atoms with Crippen LogP contribution in [0.3, 0.4) is 0 Å². The van der Waals surface area contributed by atoms with Gasteiger partial charge in [-0.05, 0) is 38.5 Å². The third-order valence-corrected chi connectivity index (χ3v) is 4.59. The molecule has 2 unspecified atom stereocenters. The van der Waals surface area contributed by atoms with E-state index in [1.807, 2.05) is 0 Å². The van der Waals surface area contributed by atoms with Gasteiger partial charge in [-0.1, -0.05) is 20.3 Å². The molecule has 1 amide bonds. The first-order valence-electron chi connectivity index (χ1n) is 8.19. The second-order valence-corrected chi connectivity index (χ2v) is 6.96. The zero-order valence-corrected chi connectivity index (χ0v) is 13.2. The maximum Gasteiger partial charge on any atom is 0.237 e. The summed E-state index contributed by atoms with van der Waals surface area (Å²) in [5.41, 5.74) is 0. The first kappa shape index (κ1) is 15.8. The van der Waals surface area contributed by atoms with Crippen molar-refractivity contribution in [1.82, 2.24) is 9.80 Å². The van der Waals surface area contributed by atoms with Crippen molar-refractivity contribution in [1.29, 1.82) is 0 Å². The van der Waals surface area contributed by atoms with Gasteiger partial charge in [0.05, 0.1) is 13.2 Å². The highest BCUT2D eigenvalue weighted by Gasteiger charge is 2.35. The number of hydrogen-bond donors (Lipinski definition) is 1. The Hall–Kier alpha value is -0.610. The fourth-order valence-electron chi connectivity index (χ4n) is 3.30. The van der Waals surface area contributed by atoms with Crippen LogP contribution in [-0.2, 0) is 4.79 Å². The van der Waals surface area contributed by atoms with E-state index < -0.39 is 0 Å². The Morgan fingerprint density at radius 2 is 2.00 bits per heavy atom. The van der Waals surface area contributed by atoms with Gasteiger partial charge in [0.2, 0.25) is 5.91 Å². The average molecular weight is 282 g/mol. The Bertz CT molecular complexity index is 328. The number of likely N-dealkylation sites (tertiary alicyclic amines) is 1. The quantitative estimate of drug-likeness (QED) is 0.809. The van der Waals surface area contributed by atoms with Crippen LogP contribution in [0.25, 0.3) is 0 Å². The molecule has 2 aliphatic rings. The lowest BCUT2D eigenvalue weighted by Gasteiger charge is -2.40. The van der Waals surface area contributed by atoms with Gasteiger partial charge in [-0.25, -0.2) is 0 Å². The first-order valence-corrected chi connectivity index (χ1v) is 8.19. The topological polar surface area (TPSA) is 43.8 Å². The molecule has 1 aliphatic carbocycles. The first-order chi connectivity index (χ1) is 9.52. The minimum Gasteiger partial charge on any atom is -0.395 e. The van der Waals surface area contributed by atoms with Crippen LogP contribution in [0.15, 0.2) is 0 Å². The van der Waals surface area contributed by atoms with Crippen molar-refractivity contribution in [2.24, 2.45) is 5.92 Å². The van der Waals surface area contributed by atoms with Crippen LogP contribution in [0.1, 0.15) is 52.9 Å². The van der Waals surface area contributed by atoms with E-state index in [1.54, 1.807) is 0 Å². The normalized spacial score (nSPS) is 27.9. The third kappa shape index (κ3) is 3.95. The van der Waals surface area contributed by atoms with Crippen LogP contribution in [0.4, 0.5) is 0 Å². The van der Waals surface area contributed by atoms with Crippen molar-refractivity contribution in [3.05, 3.63) is 0 Å². The number of piperidine rings is 1. The van der Waals surface area contributed by atoms with Gasteiger partial charge in [-0.2, -0.15) is 0 Å². The predicted octanol–water partition coefficient (Wildman–Crippen LogP) is 1.87. The summed E-state index contributed by atoms with van der Waals surface area (Å²) >= 11 is 0. The average Bonchev–Trinajstić information content (AvgIpc) is 3.22. The monoisotopic (exact) mass is 282 g/mol. The molecule has 0 aromatic heterocycles. The Morgan fingerprint density at radius 3 is 2.55 bits per heavy atom. The van der Waals surface area contributed by atoms with Gasteiger partial charge in [0, 0.05) is 24.7 Å². The number of carbonyl (C=O) groups is 1. The van der Waals surface area contributed by atoms with Gasteiger partial charge in [0.1, 0.15) is 0 Å². The summed E-state index contributed by atoms with van der Waals surface area (Å²) in [5, 5.41) is 9.53. The molecule has 0 radical (unpaired) electrons. The van der Waals surface area contributed by atoms with Crippen LogP contribution in [-0.4, -0.2) is 58.6 Å². The molecule has 1 aliphatic heterocycles. The lowest BCUT2D eigenvalue weighted by atomic mass is 9.97. The third-order valence-electron chi connectivity index (χ3n) is 4.59. The van der Waals surface area contributed by atoms with Gasteiger partial charge in [0.25, 0.3) is 0 Å². The van der Waals surface area contributed by atoms with Crippen molar-refractivity contribution in [3.8, 4) is 0 Å². The molecule has 0 aromatic carbocycles. The lowest BCUT2D eigenvalue weighted by Crippen LogP contribution is -2.52. The molecule has 4 nitrogen and oxygen atoms in total. The highest BCUT2D eigenvalue weighted by atomic mass is 16.3. The summed E-state index contributed by atoms with van der Waals surface area (Å²) in [7, 11) is 0. The SMILES string of the molecule is CC(C)CN(C(=O)CN1C(C)CCCC1CO)C1CC1. The van der Waals surface area contributed by atoms with Crippen molar-refractivity contribution < 1.29 is 9.90 Å². The van der Waals surface area contributed by atoms with Gasteiger partial charge in [0.15, 0.2) is 0 Å². The van der Waals surface area contributed by atoms with Crippen molar-refractivity contribution in [2.75, 3.05) is 19.7 Å². The molecule has 1 N–H and O–H groups in total. The summed E-state index contributed by atoms with van der Waals surface area (Å²) < 4.78 is 0. The molecule has 1 saturated carbocycles. The van der Waals surface area contributed by atoms with Crippen LogP contribution in [0, 0.1) is 5.92 Å². The van der Waals surface area contributed by atoms with Crippen LogP contribution < -0.4 is 0 Å². The summed E-state index contributed by atoms with van der Waals surface area (Å²) in [6.07, 6.45) is 5.64. The molecule has 2 atom stereocenters. The number of rotatable bonds is 6. The van der Waals surface area contributed by atoms with Crippen LogP contribution in [0.2, 0.25) is 0 Å². The van der Waals surface area contributed by atoms with Crippen LogP contribution >= 0.6 is 0 Å². The largest absolute Gasteiger partial charge is 0.395 e. The second-order valence-electron chi connectivity index (χ2n) is 6.96. The highest BCUT2D eigenvalue weighted by Crippen LogP contribution is 2.29. The van der Waals surface area contributed by atoms with Gasteiger partial charge < -0.3 is 10.0 Å². The molecule has 0 spiro atoms. The lowest BCUT2D eigenvalue weighted by molar-refractivity contribution is -0.135. The molecule has 0 aromatic rings. The molecule has 20 heavy (non-hydrogen) atoms. The molecule has 116 valence electrons. The molecule has 1 saturated heterocycles. The van der Waals surface area contributed by atoms with Crippen molar-refractivity contribution in [2.45, 2.75) is 71.0 Å². The van der Waals surface area contributed by atoms with Crippen LogP contribution in [0.5, 0.6) is 0 Å². The van der Waals surface area contributed by atoms with E-state index >= 15 is 0 Å². The fraction of sp³-hybridized carbons (Fsp3) is 0.938. The molecular weight excluding hydrogens is 252 g/mol. The molecular formula is C16H30N2O2. The number of nitrogens with zero attached hydrogens (tertiary/aromatic N) is 2. The van der Waals surface area contributed by atoms with E-state index in [0.29, 0.717) is 24.5 Å². The Labute approximate surface area is 123 Å². The Kier molecular flexibility index (Phi) is 5.44. The van der Waals surface area contributed by atoms with Crippen molar-refractivity contribution in [3.63, 3.8) is 0 Å². The van der Waals surface area contributed by atoms with E-state index in [4.69, 9.17) is 0 Å². The maximum absolute atomic E-state index is 12.6. The van der Waals surface area contributed by atoms with Crippen molar-refractivity contribution >= 4 is 5.91 Å². The number of carbonyl (C=O) groups excluding carboxylic acids is 1. The summed E-state index contributed by atoms with van der Waals surface area (Å²) in [5.74, 6) is 0.778. The van der Waals surface area contributed by atoms with Gasteiger partial charge in [-0.3, -0.25) is 9.69 Å². The molecule has 4 heteroatoms. The standard InChI is InChI=1S/C16H30N2O2/c1-12(2)9-18(14-7-8-14)16(20)10-17-13(3)5-4-6-15(17)11-19/h12-15,19H,4-11H2,1-3H3. The van der Waals surface area contributed by atoms with E-state index in [-0.39, 0.29) is 18.6 Å². The molecule has 1 heterocycles. The zero-order valence-electron chi connectivity index (χ0n) is 13.2. The number of aliphatic hydroxyl groups is 1. The number of aliphatic hydroxyl groups excluding tert-OH is 1. The van der Waals surface area contributed by atoms with E-state index in [0.717, 1.165) is 38.6 Å². The fourth-order valence-corrected chi connectivity index (χ4v) is 3.30. The Balaban J connectivity index is 1.96. The summed E-state index contributed by atoms with van der Waals surface area (Å²) in [4.78, 5) is 16.9. The van der Waals surface area contributed by atoms with Gasteiger partial charge >= 0.3 is 0 Å². The zero-order chi connectivity index (χ0) is 14.7. The van der Waals surface area contributed by atoms with Gasteiger partial charge in [-0.15, -0.1) is 0 Å². The van der Waals surface area contributed by atoms with E-state index in [2.05, 4.69) is 30.6 Å². The summed E-state index contributed by atoms with van der Waals surface area (Å²) in [6, 6.07) is 1.06. The van der Waals surface area contributed by atoms with E-state index in [9.17, 15) is 9.90 Å². The number of amides is 1. The Morgan fingerprint density at radius 1 is 1.30 bits per heavy atom. The minimum atomic E-state index is 0.169. The molecule has 2 rings (SSSR count). The number of hydrogen-bond acceptors (Lipinski definition) is 3. The molecule has 0 bridgehead atoms. The summed E-state index contributed by atoms with van der Waals surface area (Å²) in [6.45, 7) is 8.04. The minimum absolute atomic E-state index is 0.169. The predicted molar refractivity (Wildman–Crippen MR) is 80.5 cm³/mol. The smallest absolute Gasteiger partial charge is 0.237 e. The molecule has 2 fully saturated rings. The maximum atomic E-state index is 12.6. The van der Waals surface area contributed by atoms with E-state index in [1.165, 1.54) is 0 Å². The highest BCUT2D eigenvalue weighted by molar-refractivity contribution is 5.79.